The molecule has 90 valence electrons. The zero-order valence-corrected chi connectivity index (χ0v) is 11.9. The second-order valence-electron chi connectivity index (χ2n) is 4.68. The van der Waals surface area contributed by atoms with Gasteiger partial charge in [0.05, 0.1) is 8.67 Å². The molecule has 1 fully saturated rings. The Kier molecular flexibility index (Phi) is 4.17. The minimum absolute atomic E-state index is 0.293. The Morgan fingerprint density at radius 3 is 2.69 bits per heavy atom. The van der Waals surface area contributed by atoms with Crippen molar-refractivity contribution < 1.29 is 0 Å². The Bertz CT molecular complexity index is 364. The van der Waals surface area contributed by atoms with E-state index < -0.39 is 0 Å². The lowest BCUT2D eigenvalue weighted by atomic mass is 10.0. The van der Waals surface area contributed by atoms with Gasteiger partial charge >= 0.3 is 0 Å². The van der Waals surface area contributed by atoms with Crippen molar-refractivity contribution in [2.45, 2.75) is 45.2 Å². The molecule has 0 saturated heterocycles. The predicted molar refractivity (Wildman–Crippen MR) is 72.7 cm³/mol. The summed E-state index contributed by atoms with van der Waals surface area (Å²) in [6.07, 6.45) is 3.95. The molecular weight excluding hydrogens is 261 g/mol. The van der Waals surface area contributed by atoms with Crippen LogP contribution >= 0.6 is 34.5 Å². The Labute approximate surface area is 111 Å². The maximum Gasteiger partial charge on any atom is 0.0991 e. The Balaban J connectivity index is 2.02. The second-order valence-corrected chi connectivity index (χ2v) is 6.97. The van der Waals surface area contributed by atoms with E-state index in [1.165, 1.54) is 30.6 Å². The highest BCUT2D eigenvalue weighted by atomic mass is 35.5. The van der Waals surface area contributed by atoms with Gasteiger partial charge in [-0.15, -0.1) is 11.3 Å². The van der Waals surface area contributed by atoms with Crippen LogP contribution in [0.1, 0.15) is 44.7 Å². The van der Waals surface area contributed by atoms with Crippen LogP contribution in [0.3, 0.4) is 0 Å². The fourth-order valence-corrected chi connectivity index (χ4v) is 4.10. The molecule has 16 heavy (non-hydrogen) atoms. The molecular formula is C12H17Cl2NS. The Morgan fingerprint density at radius 2 is 2.19 bits per heavy atom. The lowest BCUT2D eigenvalue weighted by Crippen LogP contribution is -2.33. The number of hydrogen-bond donors (Lipinski definition) is 1. The second kappa shape index (κ2) is 5.26. The van der Waals surface area contributed by atoms with Gasteiger partial charge in [0.1, 0.15) is 0 Å². The summed E-state index contributed by atoms with van der Waals surface area (Å²) in [6.45, 7) is 4.48. The van der Waals surface area contributed by atoms with Gasteiger partial charge in [0.15, 0.2) is 0 Å². The zero-order valence-electron chi connectivity index (χ0n) is 9.59. The largest absolute Gasteiger partial charge is 0.307 e. The fraction of sp³-hybridized carbons (Fsp3) is 0.667. The molecule has 4 heteroatoms. The van der Waals surface area contributed by atoms with Crippen molar-refractivity contribution >= 4 is 34.5 Å². The van der Waals surface area contributed by atoms with E-state index in [1.807, 2.05) is 6.07 Å². The molecule has 0 aromatic carbocycles. The summed E-state index contributed by atoms with van der Waals surface area (Å²) >= 11 is 13.6. The van der Waals surface area contributed by atoms with Crippen molar-refractivity contribution in [3.05, 3.63) is 20.3 Å². The van der Waals surface area contributed by atoms with Gasteiger partial charge in [0.25, 0.3) is 0 Å². The van der Waals surface area contributed by atoms with Gasteiger partial charge in [0.2, 0.25) is 0 Å². The summed E-state index contributed by atoms with van der Waals surface area (Å²) in [5, 5.41) is 3.66. The molecule has 1 heterocycles. The molecule has 0 radical (unpaired) electrons. The zero-order chi connectivity index (χ0) is 11.7. The molecule has 1 N–H and O–H groups in total. The van der Waals surface area contributed by atoms with Gasteiger partial charge in [-0.05, 0) is 37.3 Å². The summed E-state index contributed by atoms with van der Waals surface area (Å²) in [7, 11) is 0. The first-order valence-electron chi connectivity index (χ1n) is 5.78. The molecule has 0 amide bonds. The number of hydrogen-bond acceptors (Lipinski definition) is 2. The monoisotopic (exact) mass is 277 g/mol. The van der Waals surface area contributed by atoms with E-state index in [9.17, 15) is 0 Å². The van der Waals surface area contributed by atoms with Crippen LogP contribution in [-0.2, 0) is 0 Å². The number of thiophene rings is 1. The van der Waals surface area contributed by atoms with Gasteiger partial charge in [0, 0.05) is 12.1 Å². The molecule has 1 aliphatic rings. The Morgan fingerprint density at radius 1 is 1.44 bits per heavy atom. The number of halogens is 2. The van der Waals surface area contributed by atoms with Gasteiger partial charge < -0.3 is 5.32 Å². The van der Waals surface area contributed by atoms with E-state index in [4.69, 9.17) is 23.2 Å². The molecule has 3 unspecified atom stereocenters. The third kappa shape index (κ3) is 2.73. The quantitative estimate of drug-likeness (QED) is 0.829. The van der Waals surface area contributed by atoms with Gasteiger partial charge in [-0.3, -0.25) is 0 Å². The van der Waals surface area contributed by atoms with Crippen LogP contribution in [0.5, 0.6) is 0 Å². The van der Waals surface area contributed by atoms with E-state index in [0.717, 1.165) is 20.2 Å². The smallest absolute Gasteiger partial charge is 0.0991 e. The van der Waals surface area contributed by atoms with Crippen LogP contribution in [0, 0.1) is 5.92 Å². The molecule has 0 bridgehead atoms. The highest BCUT2D eigenvalue weighted by molar-refractivity contribution is 7.20. The lowest BCUT2D eigenvalue weighted by Gasteiger charge is -2.22. The van der Waals surface area contributed by atoms with Crippen LogP contribution in [0.4, 0.5) is 0 Å². The van der Waals surface area contributed by atoms with Gasteiger partial charge in [-0.25, -0.2) is 0 Å². The van der Waals surface area contributed by atoms with Gasteiger partial charge in [-0.2, -0.15) is 0 Å². The first kappa shape index (κ1) is 12.7. The van der Waals surface area contributed by atoms with Crippen molar-refractivity contribution in [2.75, 3.05) is 0 Å². The highest BCUT2D eigenvalue weighted by Gasteiger charge is 2.25. The molecule has 0 aliphatic heterocycles. The van der Waals surface area contributed by atoms with Crippen LogP contribution in [-0.4, -0.2) is 6.04 Å². The molecule has 2 rings (SSSR count). The van der Waals surface area contributed by atoms with Crippen molar-refractivity contribution in [1.82, 2.24) is 5.32 Å². The third-order valence-corrected chi connectivity index (χ3v) is 4.99. The molecule has 0 spiro atoms. The summed E-state index contributed by atoms with van der Waals surface area (Å²) < 4.78 is 1.59. The highest BCUT2D eigenvalue weighted by Crippen LogP contribution is 2.36. The molecule has 3 atom stereocenters. The minimum atomic E-state index is 0.293. The van der Waals surface area contributed by atoms with E-state index >= 15 is 0 Å². The molecule has 1 aliphatic carbocycles. The summed E-state index contributed by atoms with van der Waals surface area (Å²) in [4.78, 5) is 0. The molecule has 1 aromatic heterocycles. The van der Waals surface area contributed by atoms with E-state index in [-0.39, 0.29) is 0 Å². The molecule has 1 saturated carbocycles. The predicted octanol–water partition coefficient (Wildman–Crippen LogP) is 4.89. The van der Waals surface area contributed by atoms with Crippen molar-refractivity contribution in [2.24, 2.45) is 5.92 Å². The van der Waals surface area contributed by atoms with Crippen molar-refractivity contribution in [1.29, 1.82) is 0 Å². The van der Waals surface area contributed by atoms with Crippen LogP contribution in [0.15, 0.2) is 6.07 Å². The van der Waals surface area contributed by atoms with Crippen molar-refractivity contribution in [3.63, 3.8) is 0 Å². The van der Waals surface area contributed by atoms with Gasteiger partial charge in [-0.1, -0.05) is 36.5 Å². The maximum absolute atomic E-state index is 6.16. The van der Waals surface area contributed by atoms with Crippen molar-refractivity contribution in [3.8, 4) is 0 Å². The SMILES string of the molecule is CC(NC1CCCC1C)c1cc(Cl)sc1Cl. The van der Waals surface area contributed by atoms with Crippen LogP contribution in [0.2, 0.25) is 8.67 Å². The average molecular weight is 278 g/mol. The van der Waals surface area contributed by atoms with E-state index in [2.05, 4.69) is 19.2 Å². The third-order valence-electron chi connectivity index (χ3n) is 3.48. The average Bonchev–Trinajstić information content (AvgIpc) is 2.74. The topological polar surface area (TPSA) is 12.0 Å². The minimum Gasteiger partial charge on any atom is -0.307 e. The number of nitrogens with one attached hydrogen (secondary N) is 1. The molecule has 1 aromatic rings. The maximum atomic E-state index is 6.16. The first-order valence-corrected chi connectivity index (χ1v) is 7.36. The Hall–Kier alpha value is 0.240. The van der Waals surface area contributed by atoms with Crippen LogP contribution in [0.25, 0.3) is 0 Å². The summed E-state index contributed by atoms with van der Waals surface area (Å²) in [5.41, 5.74) is 1.13. The fourth-order valence-electron chi connectivity index (χ4n) is 2.45. The summed E-state index contributed by atoms with van der Waals surface area (Å²) in [5.74, 6) is 0.773. The normalized spacial score (nSPS) is 27.2. The lowest BCUT2D eigenvalue weighted by molar-refractivity contribution is 0.389. The van der Waals surface area contributed by atoms with E-state index in [0.29, 0.717) is 12.1 Å². The standard InChI is InChI=1S/C12H17Cl2NS/c1-7-4-3-5-10(7)15-8(2)9-6-11(13)16-12(9)14/h6-8,10,15H,3-5H2,1-2H3. The summed E-state index contributed by atoms with van der Waals surface area (Å²) in [6, 6.07) is 2.90. The first-order chi connectivity index (χ1) is 7.58. The van der Waals surface area contributed by atoms with E-state index in [1.54, 1.807) is 0 Å². The van der Waals surface area contributed by atoms with Crippen LogP contribution < -0.4 is 5.32 Å². The molecule has 1 nitrogen and oxygen atoms in total. The number of rotatable bonds is 3.